The lowest BCUT2D eigenvalue weighted by atomic mass is 9.76. The van der Waals surface area contributed by atoms with Crippen molar-refractivity contribution < 1.29 is 24.5 Å². The highest BCUT2D eigenvalue weighted by molar-refractivity contribution is 6.59. The quantitative estimate of drug-likeness (QED) is 0.512. The van der Waals surface area contributed by atoms with E-state index in [0.29, 0.717) is 31.1 Å². The Morgan fingerprint density at radius 2 is 1.34 bits per heavy atom. The van der Waals surface area contributed by atoms with Crippen molar-refractivity contribution in [3.8, 4) is 11.5 Å². The van der Waals surface area contributed by atoms with E-state index < -0.39 is 7.12 Å². The SMILES string of the molecule is COc1ccc(Cc2ccc(Cc3ccc(C)c(B(O)O)c3)cc2)cc1O[B]O. The van der Waals surface area contributed by atoms with Crippen molar-refractivity contribution in [1.82, 2.24) is 0 Å². The highest BCUT2D eigenvalue weighted by atomic mass is 16.5. The van der Waals surface area contributed by atoms with Gasteiger partial charge in [-0.1, -0.05) is 54.1 Å². The zero-order chi connectivity index (χ0) is 20.8. The third-order valence-electron chi connectivity index (χ3n) is 4.87. The van der Waals surface area contributed by atoms with Gasteiger partial charge in [0.25, 0.3) is 0 Å². The molecule has 0 heterocycles. The molecule has 5 nitrogen and oxygen atoms in total. The minimum absolute atomic E-state index is 0.463. The van der Waals surface area contributed by atoms with E-state index in [1.54, 1.807) is 7.11 Å². The maximum absolute atomic E-state index is 9.48. The van der Waals surface area contributed by atoms with E-state index in [2.05, 4.69) is 24.3 Å². The maximum Gasteiger partial charge on any atom is 0.569 e. The molecule has 3 N–H and O–H groups in total. The van der Waals surface area contributed by atoms with E-state index in [4.69, 9.17) is 14.4 Å². The summed E-state index contributed by atoms with van der Waals surface area (Å²) in [5.74, 6) is 1.02. The van der Waals surface area contributed by atoms with Crippen molar-refractivity contribution in [2.45, 2.75) is 19.8 Å². The van der Waals surface area contributed by atoms with E-state index in [1.165, 1.54) is 0 Å². The van der Waals surface area contributed by atoms with Crippen LogP contribution in [-0.2, 0) is 12.8 Å². The Balaban J connectivity index is 1.71. The molecule has 0 saturated heterocycles. The van der Waals surface area contributed by atoms with Crippen LogP contribution in [-0.4, -0.2) is 37.0 Å². The molecule has 29 heavy (non-hydrogen) atoms. The summed E-state index contributed by atoms with van der Waals surface area (Å²) in [6, 6.07) is 19.7. The lowest BCUT2D eigenvalue weighted by Gasteiger charge is -2.11. The minimum atomic E-state index is -1.46. The topological polar surface area (TPSA) is 79.2 Å². The maximum atomic E-state index is 9.48. The third-order valence-corrected chi connectivity index (χ3v) is 4.87. The van der Waals surface area contributed by atoms with Gasteiger partial charge in [-0.15, -0.1) is 0 Å². The van der Waals surface area contributed by atoms with Crippen LogP contribution in [0.3, 0.4) is 0 Å². The highest BCUT2D eigenvalue weighted by Gasteiger charge is 2.14. The van der Waals surface area contributed by atoms with Crippen LogP contribution in [0.4, 0.5) is 0 Å². The van der Waals surface area contributed by atoms with Gasteiger partial charge in [-0.05, 0) is 59.6 Å². The fourth-order valence-corrected chi connectivity index (χ4v) is 3.30. The van der Waals surface area contributed by atoms with Crippen LogP contribution in [0, 0.1) is 6.92 Å². The molecule has 0 fully saturated rings. The molecule has 0 aliphatic heterocycles. The van der Waals surface area contributed by atoms with Gasteiger partial charge in [-0.2, -0.15) is 0 Å². The van der Waals surface area contributed by atoms with Gasteiger partial charge < -0.3 is 24.5 Å². The number of hydrogen-bond donors (Lipinski definition) is 3. The molecule has 1 radical (unpaired) electrons. The molecule has 0 amide bonds. The van der Waals surface area contributed by atoms with Crippen LogP contribution in [0.25, 0.3) is 0 Å². The van der Waals surface area contributed by atoms with Crippen molar-refractivity contribution in [2.24, 2.45) is 0 Å². The van der Waals surface area contributed by atoms with Gasteiger partial charge in [0.2, 0.25) is 0 Å². The molecular formula is C22H23B2O5. The standard InChI is InChI=1S/C22H23B2O5/c1-15-3-4-18(13-20(15)24(26)27)11-16-5-7-17(8-6-16)12-19-9-10-21(28-2)22(14-19)29-23-25/h3-10,13-14,25-27H,11-12H2,1-2H3. The number of methoxy groups -OCH3 is 1. The molecular weight excluding hydrogens is 366 g/mol. The molecule has 0 saturated carbocycles. The van der Waals surface area contributed by atoms with Crippen molar-refractivity contribution >= 4 is 20.3 Å². The first-order valence-corrected chi connectivity index (χ1v) is 9.33. The summed E-state index contributed by atoms with van der Waals surface area (Å²) in [6.07, 6.45) is 1.44. The molecule has 7 heteroatoms. The summed E-state index contributed by atoms with van der Waals surface area (Å²) in [7, 11) is 0.734. The molecule has 0 bridgehead atoms. The van der Waals surface area contributed by atoms with E-state index in [0.717, 1.165) is 34.2 Å². The Labute approximate surface area is 172 Å². The summed E-state index contributed by atoms with van der Waals surface area (Å²) < 4.78 is 10.3. The molecule has 0 atom stereocenters. The van der Waals surface area contributed by atoms with E-state index in [9.17, 15) is 10.0 Å². The molecule has 3 rings (SSSR count). The van der Waals surface area contributed by atoms with Crippen LogP contribution in [0.5, 0.6) is 11.5 Å². The van der Waals surface area contributed by atoms with Crippen LogP contribution < -0.4 is 14.9 Å². The molecule has 3 aromatic carbocycles. The van der Waals surface area contributed by atoms with Crippen molar-refractivity contribution in [2.75, 3.05) is 7.11 Å². The van der Waals surface area contributed by atoms with E-state index in [1.807, 2.05) is 43.3 Å². The second-order valence-corrected chi connectivity index (χ2v) is 6.94. The summed E-state index contributed by atoms with van der Waals surface area (Å²) in [4.78, 5) is 0. The average molecular weight is 389 g/mol. The number of hydrogen-bond acceptors (Lipinski definition) is 5. The molecule has 0 aliphatic rings. The molecule has 0 aromatic heterocycles. The van der Waals surface area contributed by atoms with Gasteiger partial charge >= 0.3 is 14.8 Å². The van der Waals surface area contributed by atoms with Crippen molar-refractivity contribution in [1.29, 1.82) is 0 Å². The van der Waals surface area contributed by atoms with Crippen LogP contribution in [0.1, 0.15) is 27.8 Å². The van der Waals surface area contributed by atoms with Gasteiger partial charge in [0.05, 0.1) is 7.11 Å². The lowest BCUT2D eigenvalue weighted by Crippen LogP contribution is -2.32. The monoisotopic (exact) mass is 389 g/mol. The largest absolute Gasteiger partial charge is 0.569 e. The lowest BCUT2D eigenvalue weighted by molar-refractivity contribution is 0.381. The Kier molecular flexibility index (Phi) is 6.99. The fourth-order valence-electron chi connectivity index (χ4n) is 3.30. The highest BCUT2D eigenvalue weighted by Crippen LogP contribution is 2.28. The number of benzene rings is 3. The number of aryl methyl sites for hydroxylation is 1. The first-order valence-electron chi connectivity index (χ1n) is 9.33. The molecule has 0 unspecified atom stereocenters. The Hall–Kier alpha value is -2.73. The molecule has 0 aliphatic carbocycles. The molecule has 3 aromatic rings. The first kappa shape index (κ1) is 21.0. The predicted molar refractivity (Wildman–Crippen MR) is 115 cm³/mol. The third kappa shape index (κ3) is 5.41. The Morgan fingerprint density at radius 1 is 0.793 bits per heavy atom. The van der Waals surface area contributed by atoms with Crippen molar-refractivity contribution in [3.63, 3.8) is 0 Å². The van der Waals surface area contributed by atoms with Crippen LogP contribution >= 0.6 is 0 Å². The molecule has 0 spiro atoms. The first-order chi connectivity index (χ1) is 14.0. The van der Waals surface area contributed by atoms with Gasteiger partial charge in [0.1, 0.15) is 5.75 Å². The normalized spacial score (nSPS) is 10.5. The van der Waals surface area contributed by atoms with Crippen LogP contribution in [0.2, 0.25) is 0 Å². The summed E-state index contributed by atoms with van der Waals surface area (Å²) in [6.45, 7) is 1.86. The zero-order valence-electron chi connectivity index (χ0n) is 16.5. The number of rotatable bonds is 8. The second-order valence-electron chi connectivity index (χ2n) is 6.94. The summed E-state index contributed by atoms with van der Waals surface area (Å²) >= 11 is 0. The van der Waals surface area contributed by atoms with Crippen molar-refractivity contribution in [3.05, 3.63) is 88.5 Å². The van der Waals surface area contributed by atoms with Gasteiger partial charge in [-0.25, -0.2) is 0 Å². The Bertz CT molecular complexity index is 958. The molecule has 147 valence electrons. The summed E-state index contributed by atoms with van der Waals surface area (Å²) in [5.41, 5.74) is 5.76. The van der Waals surface area contributed by atoms with Gasteiger partial charge in [0, 0.05) is 0 Å². The zero-order valence-corrected chi connectivity index (χ0v) is 16.5. The smallest absolute Gasteiger partial charge is 0.535 e. The van der Waals surface area contributed by atoms with Gasteiger partial charge in [-0.3, -0.25) is 0 Å². The fraction of sp³-hybridized carbons (Fsp3) is 0.182. The van der Waals surface area contributed by atoms with E-state index in [-0.39, 0.29) is 0 Å². The number of ether oxygens (including phenoxy) is 1. The predicted octanol–water partition coefficient (Wildman–Crippen LogP) is 1.77. The summed E-state index contributed by atoms with van der Waals surface area (Å²) in [5, 5.41) is 27.9. The van der Waals surface area contributed by atoms with E-state index >= 15 is 0 Å². The Morgan fingerprint density at radius 3 is 1.90 bits per heavy atom. The average Bonchev–Trinajstić information content (AvgIpc) is 2.71. The minimum Gasteiger partial charge on any atom is -0.535 e. The van der Waals surface area contributed by atoms with Gasteiger partial charge in [0.15, 0.2) is 5.75 Å². The second kappa shape index (κ2) is 9.65. The van der Waals surface area contributed by atoms with Crippen LogP contribution in [0.15, 0.2) is 60.7 Å².